The Morgan fingerprint density at radius 1 is 0.833 bits per heavy atom. The fraction of sp³-hybridized carbons (Fsp3) is 0.0741. The van der Waals surface area contributed by atoms with E-state index in [2.05, 4.69) is 5.43 Å². The van der Waals surface area contributed by atoms with Crippen molar-refractivity contribution >= 4 is 62.5 Å². The van der Waals surface area contributed by atoms with E-state index < -0.39 is 0 Å². The summed E-state index contributed by atoms with van der Waals surface area (Å²) in [5.41, 5.74) is 5.84. The Morgan fingerprint density at radius 2 is 1.50 bits per heavy atom. The number of thioether (sulfide) groups is 1. The molecular weight excluding hydrogens is 490 g/mol. The van der Waals surface area contributed by atoms with Crippen LogP contribution in [0.5, 0.6) is 0 Å². The number of aliphatic imine (C=N–C) groups is 1. The Balaban J connectivity index is 1.59. The van der Waals surface area contributed by atoms with Gasteiger partial charge in [0, 0.05) is 19.0 Å². The van der Waals surface area contributed by atoms with Crippen LogP contribution in [0.2, 0.25) is 0 Å². The van der Waals surface area contributed by atoms with Crippen molar-refractivity contribution < 1.29 is 4.79 Å². The molecule has 36 heavy (non-hydrogen) atoms. The second-order valence-corrected chi connectivity index (χ2v) is 10.3. The van der Waals surface area contributed by atoms with Crippen LogP contribution in [-0.4, -0.2) is 23.4 Å². The fourth-order valence-corrected chi connectivity index (χ4v) is 6.68. The smallest absolute Gasteiger partial charge is 0.283 e. The molecule has 7 nitrogen and oxygen atoms in total. The van der Waals surface area contributed by atoms with Gasteiger partial charge in [0.2, 0.25) is 0 Å². The molecule has 0 radical (unpaired) electrons. The molecule has 0 spiro atoms. The van der Waals surface area contributed by atoms with Crippen molar-refractivity contribution in [2.24, 2.45) is 12.0 Å². The van der Waals surface area contributed by atoms with Crippen LogP contribution < -0.4 is 30.1 Å². The van der Waals surface area contributed by atoms with Gasteiger partial charge in [-0.15, -0.1) is 11.3 Å². The summed E-state index contributed by atoms with van der Waals surface area (Å²) in [5.74, 6) is 0.138. The normalized spacial score (nSPS) is 19.2. The first-order chi connectivity index (χ1) is 17.5. The first-order valence-electron chi connectivity index (χ1n) is 11.3. The van der Waals surface area contributed by atoms with Crippen molar-refractivity contribution in [2.45, 2.75) is 4.90 Å². The second kappa shape index (κ2) is 8.85. The second-order valence-electron chi connectivity index (χ2n) is 8.29. The van der Waals surface area contributed by atoms with E-state index in [-0.39, 0.29) is 11.5 Å². The standard InChI is InChI=1S/C27H21N5O2S2/c1-30-19-15-9-10-16-20(19)35-27(30)22-25(34)31(2)26(36-22)21-23(28-17-11-5-3-6-12-17)29-32(24(21)33)18-13-7-4-8-14-18/h3-16H,1-2H3,(H,28,29). The van der Waals surface area contributed by atoms with Crippen molar-refractivity contribution in [3.05, 3.63) is 104 Å². The summed E-state index contributed by atoms with van der Waals surface area (Å²) in [4.78, 5) is 35.1. The maximum Gasteiger partial charge on any atom is 0.283 e. The first kappa shape index (κ1) is 22.4. The van der Waals surface area contributed by atoms with Crippen LogP contribution >= 0.6 is 23.1 Å². The monoisotopic (exact) mass is 511 g/mol. The lowest BCUT2D eigenvalue weighted by molar-refractivity contribution is -0.113. The fourth-order valence-electron chi connectivity index (χ4n) is 4.20. The average molecular weight is 512 g/mol. The van der Waals surface area contributed by atoms with Gasteiger partial charge in [-0.25, -0.2) is 10.0 Å². The van der Waals surface area contributed by atoms with Gasteiger partial charge in [0.25, 0.3) is 11.5 Å². The van der Waals surface area contributed by atoms with Crippen molar-refractivity contribution in [3.63, 3.8) is 0 Å². The molecule has 178 valence electrons. The molecule has 2 aliphatic rings. The predicted molar refractivity (Wildman–Crippen MR) is 147 cm³/mol. The van der Waals surface area contributed by atoms with Gasteiger partial charge in [-0.3, -0.25) is 15.0 Å². The van der Waals surface area contributed by atoms with E-state index >= 15 is 0 Å². The minimum atomic E-state index is -0.264. The Bertz CT molecular complexity index is 1710. The number of fused-ring (bicyclic) bond motifs is 1. The van der Waals surface area contributed by atoms with Crippen LogP contribution in [0.15, 0.2) is 99.6 Å². The molecule has 0 aliphatic carbocycles. The Hall–Kier alpha value is -4.08. The molecule has 6 rings (SSSR count). The number of thiazole rings is 1. The number of benzene rings is 3. The highest BCUT2D eigenvalue weighted by Gasteiger charge is 2.35. The molecule has 0 bridgehead atoms. The number of hydrazine groups is 1. The van der Waals surface area contributed by atoms with E-state index in [0.29, 0.717) is 32.0 Å². The van der Waals surface area contributed by atoms with Gasteiger partial charge in [0.1, 0.15) is 19.8 Å². The molecule has 3 heterocycles. The Kier molecular flexibility index (Phi) is 5.50. The maximum absolute atomic E-state index is 13.8. The number of carbonyl (C=O) groups is 1. The summed E-state index contributed by atoms with van der Waals surface area (Å²) in [5, 5.41) is 2.33. The molecule has 3 aromatic carbocycles. The molecule has 4 aromatic rings. The van der Waals surface area contributed by atoms with Gasteiger partial charge in [0.05, 0.1) is 17.1 Å². The number of carbonyl (C=O) groups excluding carboxylic acids is 1. The third-order valence-corrected chi connectivity index (χ3v) is 8.64. The van der Waals surface area contributed by atoms with E-state index in [1.165, 1.54) is 16.3 Å². The number of aromatic nitrogens is 1. The highest BCUT2D eigenvalue weighted by molar-refractivity contribution is 8.08. The third kappa shape index (κ3) is 3.64. The zero-order valence-electron chi connectivity index (χ0n) is 19.5. The van der Waals surface area contributed by atoms with Crippen molar-refractivity contribution in [3.8, 4) is 0 Å². The van der Waals surface area contributed by atoms with Crippen LogP contribution in [0.4, 0.5) is 17.1 Å². The molecule has 9 heteroatoms. The van der Waals surface area contributed by atoms with Gasteiger partial charge in [-0.1, -0.05) is 60.3 Å². The quantitative estimate of drug-likeness (QED) is 0.448. The molecule has 0 unspecified atom stereocenters. The van der Waals surface area contributed by atoms with Crippen molar-refractivity contribution in [1.29, 1.82) is 0 Å². The van der Waals surface area contributed by atoms with E-state index in [9.17, 15) is 9.59 Å². The van der Waals surface area contributed by atoms with Crippen LogP contribution in [0.3, 0.4) is 0 Å². The Morgan fingerprint density at radius 3 is 2.22 bits per heavy atom. The lowest BCUT2D eigenvalue weighted by Gasteiger charge is -2.14. The molecule has 1 amide bonds. The summed E-state index contributed by atoms with van der Waals surface area (Å²) in [6.45, 7) is 0. The minimum absolute atomic E-state index is 0.144. The highest BCUT2D eigenvalue weighted by atomic mass is 32.2. The highest BCUT2D eigenvalue weighted by Crippen LogP contribution is 2.44. The van der Waals surface area contributed by atoms with Gasteiger partial charge in [-0.2, -0.15) is 0 Å². The molecule has 1 aromatic heterocycles. The summed E-state index contributed by atoms with van der Waals surface area (Å²) in [6.07, 6.45) is 0. The zero-order valence-corrected chi connectivity index (χ0v) is 21.1. The SMILES string of the molecule is CN1C(=c2sc(=C3C(=O)N(c4ccccc4)NC3=Nc3ccccc3)n(C)c2=O)Sc2ccccc21. The third-order valence-electron chi connectivity index (χ3n) is 6.03. The minimum Gasteiger partial charge on any atom is -0.337 e. The number of nitrogens with one attached hydrogen (secondary N) is 1. The summed E-state index contributed by atoms with van der Waals surface area (Å²) >= 11 is 2.88. The summed E-state index contributed by atoms with van der Waals surface area (Å²) in [7, 11) is 3.67. The number of anilines is 2. The average Bonchev–Trinajstić information content (AvgIpc) is 3.51. The van der Waals surface area contributed by atoms with E-state index in [4.69, 9.17) is 4.99 Å². The summed E-state index contributed by atoms with van der Waals surface area (Å²) in [6, 6.07) is 26.9. The van der Waals surface area contributed by atoms with Crippen LogP contribution in [0.25, 0.3) is 10.6 Å². The van der Waals surface area contributed by atoms with Gasteiger partial charge in [0.15, 0.2) is 5.84 Å². The molecule has 1 saturated heterocycles. The number of para-hydroxylation sites is 3. The largest absolute Gasteiger partial charge is 0.337 e. The molecule has 1 N–H and O–H groups in total. The summed E-state index contributed by atoms with van der Waals surface area (Å²) < 4.78 is 2.70. The lowest BCUT2D eigenvalue weighted by atomic mass is 10.2. The zero-order chi connectivity index (χ0) is 24.8. The van der Waals surface area contributed by atoms with E-state index in [1.807, 2.05) is 96.9 Å². The number of hydrogen-bond donors (Lipinski definition) is 1. The van der Waals surface area contributed by atoms with Gasteiger partial charge >= 0.3 is 0 Å². The van der Waals surface area contributed by atoms with Crippen molar-refractivity contribution in [1.82, 2.24) is 9.99 Å². The molecule has 1 fully saturated rings. The number of amidine groups is 1. The van der Waals surface area contributed by atoms with E-state index in [1.54, 1.807) is 23.4 Å². The van der Waals surface area contributed by atoms with Crippen molar-refractivity contribution in [2.75, 3.05) is 17.0 Å². The van der Waals surface area contributed by atoms with Crippen LogP contribution in [0.1, 0.15) is 0 Å². The lowest BCUT2D eigenvalue weighted by Crippen LogP contribution is -2.35. The molecular formula is C27H21N5O2S2. The predicted octanol–water partition coefficient (Wildman–Crippen LogP) is 3.19. The molecule has 0 saturated carbocycles. The van der Waals surface area contributed by atoms with Crippen LogP contribution in [0, 0.1) is 0 Å². The topological polar surface area (TPSA) is 69.9 Å². The number of rotatable bonds is 2. The number of amides is 1. The van der Waals surface area contributed by atoms with Gasteiger partial charge < -0.3 is 9.47 Å². The Labute approximate surface area is 215 Å². The number of hydrogen-bond acceptors (Lipinski definition) is 6. The maximum atomic E-state index is 13.8. The van der Waals surface area contributed by atoms with E-state index in [0.717, 1.165) is 15.6 Å². The first-order valence-corrected chi connectivity index (χ1v) is 12.9. The molecule has 0 atom stereocenters. The van der Waals surface area contributed by atoms with Gasteiger partial charge in [-0.05, 0) is 36.4 Å². The number of nitrogens with zero attached hydrogens (tertiary/aromatic N) is 4. The van der Waals surface area contributed by atoms with Crippen LogP contribution in [-0.2, 0) is 11.8 Å². The molecule has 2 aliphatic heterocycles.